The summed E-state index contributed by atoms with van der Waals surface area (Å²) in [5.41, 5.74) is 0.682. The Bertz CT molecular complexity index is 696. The molecule has 3 aromatic rings. The van der Waals surface area contributed by atoms with Gasteiger partial charge in [-0.1, -0.05) is 35.9 Å². The van der Waals surface area contributed by atoms with Gasteiger partial charge in [0, 0.05) is 10.8 Å². The van der Waals surface area contributed by atoms with Gasteiger partial charge >= 0.3 is 0 Å². The van der Waals surface area contributed by atoms with Crippen LogP contribution in [0.1, 0.15) is 0 Å². The fourth-order valence-electron chi connectivity index (χ4n) is 1.70. The summed E-state index contributed by atoms with van der Waals surface area (Å²) >= 11 is 9.43. The molecule has 84 valence electrons. The molecule has 0 N–H and O–H groups in total. The summed E-state index contributed by atoms with van der Waals surface area (Å²) in [6.45, 7) is 0. The molecule has 0 aliphatic heterocycles. The Hall–Kier alpha value is -1.39. The second-order valence-electron chi connectivity index (χ2n) is 3.48. The Labute approximate surface area is 111 Å². The summed E-state index contributed by atoms with van der Waals surface area (Å²) in [7, 11) is 0. The number of nitrogens with zero attached hydrogens (tertiary/aromatic N) is 2. The van der Waals surface area contributed by atoms with Crippen molar-refractivity contribution in [3.8, 4) is 11.5 Å². The molecule has 2 aromatic heterocycles. The number of furan rings is 1. The van der Waals surface area contributed by atoms with Crippen molar-refractivity contribution < 1.29 is 4.42 Å². The fourth-order valence-corrected chi connectivity index (χ4v) is 2.29. The average molecular weight is 310 g/mol. The van der Waals surface area contributed by atoms with Crippen molar-refractivity contribution in [3.05, 3.63) is 46.2 Å². The zero-order chi connectivity index (χ0) is 11.8. The van der Waals surface area contributed by atoms with Gasteiger partial charge in [0.15, 0.2) is 10.9 Å². The topological polar surface area (TPSA) is 38.9 Å². The molecule has 0 saturated heterocycles. The lowest BCUT2D eigenvalue weighted by atomic mass is 10.1. The lowest BCUT2D eigenvalue weighted by molar-refractivity contribution is 0.578. The van der Waals surface area contributed by atoms with Gasteiger partial charge < -0.3 is 4.42 Å². The number of hydrogen-bond acceptors (Lipinski definition) is 3. The maximum atomic E-state index is 6.01. The van der Waals surface area contributed by atoms with E-state index in [4.69, 9.17) is 16.0 Å². The number of halogens is 2. The Balaban J connectivity index is 2.39. The summed E-state index contributed by atoms with van der Waals surface area (Å²) in [6, 6.07) is 9.52. The van der Waals surface area contributed by atoms with E-state index >= 15 is 0 Å². The van der Waals surface area contributed by atoms with Crippen LogP contribution in [0.25, 0.3) is 22.2 Å². The third kappa shape index (κ3) is 1.73. The third-order valence-corrected chi connectivity index (χ3v) is 3.38. The molecule has 0 aliphatic rings. The minimum atomic E-state index is 0.395. The first-order valence-corrected chi connectivity index (χ1v) is 6.09. The highest BCUT2D eigenvalue weighted by Crippen LogP contribution is 2.33. The molecule has 2 heterocycles. The number of fused-ring (bicyclic) bond motifs is 1. The van der Waals surface area contributed by atoms with Crippen LogP contribution in [0.5, 0.6) is 0 Å². The molecule has 0 radical (unpaired) electrons. The zero-order valence-electron chi connectivity index (χ0n) is 8.52. The SMILES string of the molecule is Clc1nnc(-c2occc2Br)c2ccccc12. The monoisotopic (exact) mass is 308 g/mol. The number of benzene rings is 1. The molecule has 3 rings (SSSR count). The molecule has 0 saturated carbocycles. The van der Waals surface area contributed by atoms with Crippen LogP contribution in [0, 0.1) is 0 Å². The van der Waals surface area contributed by atoms with Crippen molar-refractivity contribution in [1.82, 2.24) is 10.2 Å². The van der Waals surface area contributed by atoms with Gasteiger partial charge in [-0.05, 0) is 22.0 Å². The normalized spacial score (nSPS) is 10.9. The summed E-state index contributed by atoms with van der Waals surface area (Å²) in [6.07, 6.45) is 1.60. The highest BCUT2D eigenvalue weighted by Gasteiger charge is 2.14. The summed E-state index contributed by atoms with van der Waals surface area (Å²) in [5, 5.41) is 10.2. The summed E-state index contributed by atoms with van der Waals surface area (Å²) < 4.78 is 6.25. The van der Waals surface area contributed by atoms with Gasteiger partial charge in [-0.15, -0.1) is 10.2 Å². The number of hydrogen-bond donors (Lipinski definition) is 0. The van der Waals surface area contributed by atoms with Gasteiger partial charge in [0.25, 0.3) is 0 Å². The number of aromatic nitrogens is 2. The minimum absolute atomic E-state index is 0.395. The van der Waals surface area contributed by atoms with Crippen LogP contribution in [-0.4, -0.2) is 10.2 Å². The van der Waals surface area contributed by atoms with Crippen LogP contribution in [0.15, 0.2) is 45.5 Å². The Morgan fingerprint density at radius 2 is 1.82 bits per heavy atom. The van der Waals surface area contributed by atoms with Crippen molar-refractivity contribution in [1.29, 1.82) is 0 Å². The lowest BCUT2D eigenvalue weighted by Gasteiger charge is -2.03. The highest BCUT2D eigenvalue weighted by atomic mass is 79.9. The van der Waals surface area contributed by atoms with Gasteiger partial charge in [-0.25, -0.2) is 0 Å². The maximum Gasteiger partial charge on any atom is 0.168 e. The molecular formula is C12H6BrClN2O. The highest BCUT2D eigenvalue weighted by molar-refractivity contribution is 9.10. The van der Waals surface area contributed by atoms with E-state index in [2.05, 4.69) is 26.1 Å². The Morgan fingerprint density at radius 1 is 1.06 bits per heavy atom. The van der Waals surface area contributed by atoms with Crippen molar-refractivity contribution in [2.75, 3.05) is 0 Å². The smallest absolute Gasteiger partial charge is 0.168 e. The predicted molar refractivity (Wildman–Crippen MR) is 70.0 cm³/mol. The van der Waals surface area contributed by atoms with E-state index in [1.165, 1.54) is 0 Å². The summed E-state index contributed by atoms with van der Waals surface area (Å²) in [4.78, 5) is 0. The van der Waals surface area contributed by atoms with E-state index in [1.54, 1.807) is 6.26 Å². The van der Waals surface area contributed by atoms with E-state index in [1.807, 2.05) is 30.3 Å². The molecule has 5 heteroatoms. The van der Waals surface area contributed by atoms with E-state index in [-0.39, 0.29) is 0 Å². The molecule has 0 unspecified atom stereocenters. The third-order valence-electron chi connectivity index (χ3n) is 2.47. The van der Waals surface area contributed by atoms with E-state index in [0.29, 0.717) is 16.6 Å². The maximum absolute atomic E-state index is 6.01. The molecule has 0 spiro atoms. The van der Waals surface area contributed by atoms with Crippen molar-refractivity contribution in [3.63, 3.8) is 0 Å². The van der Waals surface area contributed by atoms with E-state index < -0.39 is 0 Å². The molecule has 0 aliphatic carbocycles. The first-order valence-electron chi connectivity index (χ1n) is 4.91. The minimum Gasteiger partial charge on any atom is -0.461 e. The molecule has 17 heavy (non-hydrogen) atoms. The van der Waals surface area contributed by atoms with E-state index in [9.17, 15) is 0 Å². The largest absolute Gasteiger partial charge is 0.461 e. The Morgan fingerprint density at radius 3 is 2.53 bits per heavy atom. The fraction of sp³-hybridized carbons (Fsp3) is 0. The summed E-state index contributed by atoms with van der Waals surface area (Å²) in [5.74, 6) is 0.658. The van der Waals surface area contributed by atoms with E-state index in [0.717, 1.165) is 15.2 Å². The average Bonchev–Trinajstić information content (AvgIpc) is 2.77. The van der Waals surface area contributed by atoms with Gasteiger partial charge in [0.1, 0.15) is 5.69 Å². The van der Waals surface area contributed by atoms with Gasteiger partial charge in [0.05, 0.1) is 10.7 Å². The van der Waals surface area contributed by atoms with Crippen molar-refractivity contribution in [2.45, 2.75) is 0 Å². The van der Waals surface area contributed by atoms with Gasteiger partial charge in [-0.2, -0.15) is 0 Å². The van der Waals surface area contributed by atoms with Crippen LogP contribution in [0.2, 0.25) is 5.15 Å². The number of rotatable bonds is 1. The van der Waals surface area contributed by atoms with Gasteiger partial charge in [-0.3, -0.25) is 0 Å². The first kappa shape index (κ1) is 10.7. The molecule has 0 bridgehead atoms. The van der Waals surface area contributed by atoms with Crippen LogP contribution in [-0.2, 0) is 0 Å². The van der Waals surface area contributed by atoms with Crippen molar-refractivity contribution in [2.24, 2.45) is 0 Å². The van der Waals surface area contributed by atoms with Crippen LogP contribution in [0.3, 0.4) is 0 Å². The van der Waals surface area contributed by atoms with Crippen molar-refractivity contribution >= 4 is 38.3 Å². The molecule has 3 nitrogen and oxygen atoms in total. The quantitative estimate of drug-likeness (QED) is 0.672. The second-order valence-corrected chi connectivity index (χ2v) is 4.70. The predicted octanol–water partition coefficient (Wildman–Crippen LogP) is 4.31. The molecule has 0 fully saturated rings. The van der Waals surface area contributed by atoms with Crippen LogP contribution in [0.4, 0.5) is 0 Å². The van der Waals surface area contributed by atoms with Crippen LogP contribution >= 0.6 is 27.5 Å². The lowest BCUT2D eigenvalue weighted by Crippen LogP contribution is -1.90. The molecule has 1 aromatic carbocycles. The van der Waals surface area contributed by atoms with Gasteiger partial charge in [0.2, 0.25) is 0 Å². The standard InChI is InChI=1S/C12H6BrClN2O/c13-9-5-6-17-11(9)10-7-3-1-2-4-8(7)12(14)16-15-10/h1-6H. The molecular weight excluding hydrogens is 304 g/mol. The Kier molecular flexibility index (Phi) is 2.61. The second kappa shape index (κ2) is 4.13. The molecule has 0 amide bonds. The first-order chi connectivity index (χ1) is 8.27. The van der Waals surface area contributed by atoms with Crippen LogP contribution < -0.4 is 0 Å². The zero-order valence-corrected chi connectivity index (χ0v) is 10.9. The molecule has 0 atom stereocenters.